The Morgan fingerprint density at radius 2 is 1.33 bits per heavy atom. The van der Waals surface area contributed by atoms with Crippen LogP contribution >= 0.6 is 0 Å². The molecule has 0 atom stereocenters. The quantitative estimate of drug-likeness (QED) is 0.314. The zero-order chi connectivity index (χ0) is 4.50. The molecule has 0 bridgehead atoms. The predicted molar refractivity (Wildman–Crippen MR) is 22.4 cm³/mol. The van der Waals surface area contributed by atoms with Gasteiger partial charge in [0, 0.05) is 1.43 Å². The maximum absolute atomic E-state index is 8.74. The van der Waals surface area contributed by atoms with Crippen LogP contribution in [0, 0.1) is 0 Å². The first-order chi connectivity index (χ1) is 2.00. The van der Waals surface area contributed by atoms with E-state index in [1.807, 2.05) is 0 Å². The topological polar surface area (TPSA) is 74.6 Å². The molecular weight excluding hydrogens is 119 g/mol. The van der Waals surface area contributed by atoms with Crippen molar-refractivity contribution in [2.45, 2.75) is 0 Å². The second-order valence-electron chi connectivity index (χ2n) is 0.448. The molecule has 0 spiro atoms. The fourth-order valence-electron chi connectivity index (χ4n) is 0. The number of rotatable bonds is 0. The fourth-order valence-corrected chi connectivity index (χ4v) is 0. The summed E-state index contributed by atoms with van der Waals surface area (Å²) in [6.07, 6.45) is 0. The van der Waals surface area contributed by atoms with Crippen molar-refractivity contribution in [2.24, 2.45) is 0 Å². The van der Waals surface area contributed by atoms with E-state index in [0.29, 0.717) is 0 Å². The molecular formula is H4NaO4S. The molecule has 0 fully saturated rings. The fraction of sp³-hybridized carbons (Fsp3) is 0. The monoisotopic (exact) mass is 123 g/mol. The van der Waals surface area contributed by atoms with Gasteiger partial charge in [0.15, 0.2) is 0 Å². The summed E-state index contributed by atoms with van der Waals surface area (Å²) < 4.78 is 31.6. The normalized spacial score (nSPS) is 9.67. The average molecular weight is 123 g/mol. The molecule has 0 heterocycles. The van der Waals surface area contributed by atoms with Crippen molar-refractivity contribution >= 4 is 40.0 Å². The van der Waals surface area contributed by atoms with Gasteiger partial charge in [0.05, 0.1) is 0 Å². The molecule has 0 amide bonds. The molecule has 6 heteroatoms. The van der Waals surface area contributed by atoms with Gasteiger partial charge in [-0.25, -0.2) is 0 Å². The Morgan fingerprint density at radius 1 is 1.33 bits per heavy atom. The molecule has 0 unspecified atom stereocenters. The van der Waals surface area contributed by atoms with E-state index in [0.717, 1.165) is 0 Å². The van der Waals surface area contributed by atoms with Crippen LogP contribution in [0.5, 0.6) is 0 Å². The molecule has 2 N–H and O–H groups in total. The van der Waals surface area contributed by atoms with Crippen molar-refractivity contribution in [3.63, 3.8) is 0 Å². The van der Waals surface area contributed by atoms with Crippen LogP contribution in [-0.2, 0) is 10.4 Å². The van der Waals surface area contributed by atoms with Gasteiger partial charge < -0.3 is 0 Å². The summed E-state index contributed by atoms with van der Waals surface area (Å²) in [5.41, 5.74) is 0. The van der Waals surface area contributed by atoms with Crippen molar-refractivity contribution in [2.75, 3.05) is 0 Å². The summed E-state index contributed by atoms with van der Waals surface area (Å²) >= 11 is 0. The summed E-state index contributed by atoms with van der Waals surface area (Å²) in [6, 6.07) is 0. The molecule has 0 saturated heterocycles. The third-order valence-electron chi connectivity index (χ3n) is 0. The maximum atomic E-state index is 8.74. The molecule has 35 valence electrons. The third-order valence-corrected chi connectivity index (χ3v) is 0. The molecule has 0 saturated carbocycles. The molecule has 6 heavy (non-hydrogen) atoms. The summed E-state index contributed by atoms with van der Waals surface area (Å²) in [4.78, 5) is 0. The van der Waals surface area contributed by atoms with E-state index < -0.39 is 10.4 Å². The van der Waals surface area contributed by atoms with Crippen molar-refractivity contribution in [3.05, 3.63) is 0 Å². The van der Waals surface area contributed by atoms with E-state index in [1.165, 1.54) is 0 Å². The van der Waals surface area contributed by atoms with Crippen LogP contribution in [0.4, 0.5) is 0 Å². The number of hydrogen-bond donors (Lipinski definition) is 2. The summed E-state index contributed by atoms with van der Waals surface area (Å²) in [6.45, 7) is 0. The minimum absolute atomic E-state index is 0. The van der Waals surface area contributed by atoms with Crippen LogP contribution in [0.2, 0.25) is 0 Å². The van der Waals surface area contributed by atoms with Gasteiger partial charge in [-0.2, -0.15) is 8.42 Å². The van der Waals surface area contributed by atoms with E-state index in [2.05, 4.69) is 0 Å². The zero-order valence-corrected chi connectivity index (χ0v) is 2.94. The van der Waals surface area contributed by atoms with E-state index in [-0.39, 0.29) is 31.0 Å². The van der Waals surface area contributed by atoms with Gasteiger partial charge in [-0.15, -0.1) is 0 Å². The molecule has 0 rings (SSSR count). The molecule has 1 radical (unpaired) electrons. The Kier molecular flexibility index (Phi) is 4.91. The van der Waals surface area contributed by atoms with Crippen molar-refractivity contribution in [3.8, 4) is 0 Å². The van der Waals surface area contributed by atoms with Crippen LogP contribution in [0.3, 0.4) is 0 Å². The third kappa shape index (κ3) is 96.4. The van der Waals surface area contributed by atoms with Crippen LogP contribution in [-0.4, -0.2) is 47.1 Å². The standard InChI is InChI=1S/Na.H2O4S.2H/c;1-5(2,3)4;;/h;(H2,1,2,3,4);;. The van der Waals surface area contributed by atoms with Crippen molar-refractivity contribution < 1.29 is 18.9 Å². The van der Waals surface area contributed by atoms with E-state index in [4.69, 9.17) is 17.5 Å². The second-order valence-corrected chi connectivity index (χ2v) is 1.34. The molecule has 0 aromatic rings. The number of hydrogen-bond acceptors (Lipinski definition) is 2. The SMILES string of the molecule is O=S(=O)(O)O.[H].[NaH]. The Labute approximate surface area is 58.9 Å². The molecule has 0 aliphatic carbocycles. The summed E-state index contributed by atoms with van der Waals surface area (Å²) in [5.74, 6) is 0. The Balaban J connectivity index is -0.0000000800. The van der Waals surface area contributed by atoms with Crippen LogP contribution in [0.15, 0.2) is 0 Å². The van der Waals surface area contributed by atoms with Gasteiger partial charge in [-0.3, -0.25) is 9.11 Å². The van der Waals surface area contributed by atoms with E-state index in [1.54, 1.807) is 0 Å². The van der Waals surface area contributed by atoms with Crippen LogP contribution in [0.1, 0.15) is 1.43 Å². The van der Waals surface area contributed by atoms with E-state index in [9.17, 15) is 0 Å². The first-order valence-electron chi connectivity index (χ1n) is 0.698. The van der Waals surface area contributed by atoms with Crippen molar-refractivity contribution in [1.82, 2.24) is 0 Å². The van der Waals surface area contributed by atoms with Gasteiger partial charge in [-0.05, 0) is 0 Å². The zero-order valence-electron chi connectivity index (χ0n) is 3.12. The molecule has 0 aromatic heterocycles. The molecule has 4 nitrogen and oxygen atoms in total. The van der Waals surface area contributed by atoms with Crippen LogP contribution < -0.4 is 0 Å². The van der Waals surface area contributed by atoms with Gasteiger partial charge in [0.25, 0.3) is 0 Å². The second kappa shape index (κ2) is 2.95. The van der Waals surface area contributed by atoms with Gasteiger partial charge in [0.2, 0.25) is 0 Å². The Hall–Kier alpha value is 0.870. The summed E-state index contributed by atoms with van der Waals surface area (Å²) in [7, 11) is -4.67. The average Bonchev–Trinajstić information content (AvgIpc) is 0.722. The van der Waals surface area contributed by atoms with Crippen molar-refractivity contribution in [1.29, 1.82) is 0 Å². The first-order valence-corrected chi connectivity index (χ1v) is 2.10. The molecule has 0 aliphatic heterocycles. The van der Waals surface area contributed by atoms with E-state index >= 15 is 0 Å². The minimum atomic E-state index is -4.67. The van der Waals surface area contributed by atoms with Crippen LogP contribution in [0.25, 0.3) is 0 Å². The molecule has 0 aromatic carbocycles. The summed E-state index contributed by atoms with van der Waals surface area (Å²) in [5, 5.41) is 0. The predicted octanol–water partition coefficient (Wildman–Crippen LogP) is -1.19. The molecule has 0 aliphatic rings. The first kappa shape index (κ1) is 9.98. The van der Waals surface area contributed by atoms with Gasteiger partial charge in [0.1, 0.15) is 0 Å². The Bertz CT molecular complexity index is 94.9. The van der Waals surface area contributed by atoms with Gasteiger partial charge in [-0.1, -0.05) is 0 Å². The Morgan fingerprint density at radius 3 is 1.33 bits per heavy atom. The van der Waals surface area contributed by atoms with Gasteiger partial charge >= 0.3 is 40.0 Å².